The molecule has 0 aliphatic carbocycles. The molecule has 3 rings (SSSR count). The third-order valence-corrected chi connectivity index (χ3v) is 6.41. The van der Waals surface area contributed by atoms with E-state index >= 15 is 0 Å². The van der Waals surface area contributed by atoms with Gasteiger partial charge in [-0.3, -0.25) is 9.36 Å². The molecule has 7 heteroatoms. The molecular weight excluding hydrogens is 394 g/mol. The maximum Gasteiger partial charge on any atom is 0.261 e. The van der Waals surface area contributed by atoms with Gasteiger partial charge in [0.1, 0.15) is 10.6 Å². The summed E-state index contributed by atoms with van der Waals surface area (Å²) in [4.78, 5) is 17.8. The van der Waals surface area contributed by atoms with Gasteiger partial charge in [0.25, 0.3) is 5.56 Å². The van der Waals surface area contributed by atoms with E-state index in [9.17, 15) is 9.35 Å². The third kappa shape index (κ3) is 4.10. The van der Waals surface area contributed by atoms with Gasteiger partial charge in [-0.15, -0.1) is 4.72 Å². The van der Waals surface area contributed by atoms with Crippen molar-refractivity contribution in [1.82, 2.24) is 14.3 Å². The second-order valence-corrected chi connectivity index (χ2v) is 10.2. The molecule has 5 nitrogen and oxygen atoms in total. The number of hydrogen-bond acceptors (Lipinski definition) is 4. The minimum absolute atomic E-state index is 0.170. The quantitative estimate of drug-likeness (QED) is 0.640. The van der Waals surface area contributed by atoms with Crippen molar-refractivity contribution in [2.45, 2.75) is 38.5 Å². The second kappa shape index (κ2) is 7.87. The molecule has 0 bridgehead atoms. The zero-order chi connectivity index (χ0) is 20.6. The van der Waals surface area contributed by atoms with Crippen LogP contribution < -0.4 is 10.3 Å². The molecule has 148 valence electrons. The number of benzene rings is 2. The first-order valence-electron chi connectivity index (χ1n) is 9.03. The predicted molar refractivity (Wildman–Crippen MR) is 117 cm³/mol. The first-order chi connectivity index (χ1) is 13.1. The minimum atomic E-state index is -1.27. The summed E-state index contributed by atoms with van der Waals surface area (Å²) in [6, 6.07) is 12.7. The van der Waals surface area contributed by atoms with Crippen LogP contribution in [0.3, 0.4) is 0 Å². The van der Waals surface area contributed by atoms with Gasteiger partial charge in [0, 0.05) is 34.6 Å². The van der Waals surface area contributed by atoms with E-state index in [1.165, 1.54) is 4.57 Å². The van der Waals surface area contributed by atoms with Crippen LogP contribution in [0.2, 0.25) is 5.02 Å². The third-order valence-electron chi connectivity index (χ3n) is 4.51. The fourth-order valence-corrected chi connectivity index (χ4v) is 3.97. The summed E-state index contributed by atoms with van der Waals surface area (Å²) in [6.45, 7) is 7.61. The summed E-state index contributed by atoms with van der Waals surface area (Å²) in [5.74, 6) is 0.575. The molecule has 0 spiro atoms. The number of aromatic nitrogens is 2. The van der Waals surface area contributed by atoms with Crippen molar-refractivity contribution in [3.63, 3.8) is 0 Å². The Morgan fingerprint density at radius 1 is 1.21 bits per heavy atom. The first kappa shape index (κ1) is 20.9. The zero-order valence-corrected chi connectivity index (χ0v) is 18.2. The Labute approximate surface area is 173 Å². The Kier molecular flexibility index (Phi) is 5.87. The monoisotopic (exact) mass is 417 g/mol. The molecule has 0 saturated heterocycles. The highest BCUT2D eigenvalue weighted by atomic mass is 35.5. The van der Waals surface area contributed by atoms with E-state index in [0.29, 0.717) is 21.7 Å². The van der Waals surface area contributed by atoms with E-state index in [1.54, 1.807) is 19.2 Å². The molecule has 3 aromatic rings. The summed E-state index contributed by atoms with van der Waals surface area (Å²) in [7, 11) is 1.70. The Morgan fingerprint density at radius 3 is 2.46 bits per heavy atom. The lowest BCUT2D eigenvalue weighted by Gasteiger charge is -2.27. The fourth-order valence-electron chi connectivity index (χ4n) is 2.94. The number of rotatable bonds is 4. The normalized spacial score (nSPS) is 14.2. The van der Waals surface area contributed by atoms with Crippen LogP contribution in [-0.2, 0) is 18.4 Å². The van der Waals surface area contributed by atoms with Gasteiger partial charge in [0.2, 0.25) is 0 Å². The highest BCUT2D eigenvalue weighted by Crippen LogP contribution is 2.29. The SMILES string of the molecule is CC(N[S+]([O-])C(C)(C)C)c1cc(Cl)cc2c(=O)n(C)c(-c3ccccc3)nc12. The van der Waals surface area contributed by atoms with Gasteiger partial charge in [0.05, 0.1) is 16.9 Å². The topological polar surface area (TPSA) is 70.0 Å². The van der Waals surface area contributed by atoms with E-state index in [4.69, 9.17) is 16.6 Å². The van der Waals surface area contributed by atoms with Gasteiger partial charge in [-0.25, -0.2) is 4.98 Å². The number of nitrogens with zero attached hydrogens (tertiary/aromatic N) is 2. The lowest BCUT2D eigenvalue weighted by atomic mass is 10.0. The van der Waals surface area contributed by atoms with Crippen LogP contribution >= 0.6 is 11.6 Å². The van der Waals surface area contributed by atoms with E-state index in [-0.39, 0.29) is 11.6 Å². The molecule has 1 N–H and O–H groups in total. The van der Waals surface area contributed by atoms with E-state index < -0.39 is 16.1 Å². The van der Waals surface area contributed by atoms with Crippen LogP contribution in [0.1, 0.15) is 39.3 Å². The summed E-state index contributed by atoms with van der Waals surface area (Å²) >= 11 is 5.02. The van der Waals surface area contributed by atoms with Crippen LogP contribution in [0.4, 0.5) is 0 Å². The second-order valence-electron chi connectivity index (χ2n) is 7.78. The first-order valence-corrected chi connectivity index (χ1v) is 10.6. The molecular formula is C21H24ClN3O2S. The molecule has 1 aromatic heterocycles. The molecule has 2 atom stereocenters. The number of halogens is 1. The van der Waals surface area contributed by atoms with E-state index in [2.05, 4.69) is 4.72 Å². The van der Waals surface area contributed by atoms with Gasteiger partial charge in [-0.05, 0) is 39.8 Å². The molecule has 0 amide bonds. The van der Waals surface area contributed by atoms with E-state index in [1.807, 2.05) is 58.0 Å². The Morgan fingerprint density at radius 2 is 1.86 bits per heavy atom. The lowest BCUT2D eigenvalue weighted by molar-refractivity contribution is 0.531. The van der Waals surface area contributed by atoms with Crippen LogP contribution in [0.25, 0.3) is 22.3 Å². The van der Waals surface area contributed by atoms with Gasteiger partial charge in [0.15, 0.2) is 0 Å². The summed E-state index contributed by atoms with van der Waals surface area (Å²) in [5.41, 5.74) is 1.99. The van der Waals surface area contributed by atoms with Crippen LogP contribution in [0.5, 0.6) is 0 Å². The largest absolute Gasteiger partial charge is 0.598 e. The van der Waals surface area contributed by atoms with Crippen molar-refractivity contribution in [2.24, 2.45) is 7.05 Å². The van der Waals surface area contributed by atoms with Crippen molar-refractivity contribution in [3.05, 3.63) is 63.4 Å². The van der Waals surface area contributed by atoms with Gasteiger partial charge < -0.3 is 4.55 Å². The molecule has 2 aromatic carbocycles. The Hall–Kier alpha value is -1.86. The number of nitrogens with one attached hydrogen (secondary N) is 1. The summed E-state index contributed by atoms with van der Waals surface area (Å²) in [5, 5.41) is 0.893. The Balaban J connectivity index is 2.21. The number of fused-ring (bicyclic) bond motifs is 1. The molecule has 0 aliphatic rings. The zero-order valence-electron chi connectivity index (χ0n) is 16.6. The van der Waals surface area contributed by atoms with Gasteiger partial charge in [-0.1, -0.05) is 41.9 Å². The van der Waals surface area contributed by atoms with Crippen molar-refractivity contribution in [3.8, 4) is 11.4 Å². The molecule has 1 heterocycles. The van der Waals surface area contributed by atoms with Gasteiger partial charge in [-0.2, -0.15) is 0 Å². The maximum absolute atomic E-state index is 13.0. The lowest BCUT2D eigenvalue weighted by Crippen LogP contribution is -2.40. The fraction of sp³-hybridized carbons (Fsp3) is 0.333. The summed E-state index contributed by atoms with van der Waals surface area (Å²) in [6.07, 6.45) is 0. The van der Waals surface area contributed by atoms with Crippen molar-refractivity contribution >= 4 is 33.9 Å². The average molecular weight is 418 g/mol. The molecule has 28 heavy (non-hydrogen) atoms. The Bertz CT molecular complexity index is 1060. The van der Waals surface area contributed by atoms with Crippen molar-refractivity contribution in [2.75, 3.05) is 0 Å². The molecule has 0 radical (unpaired) electrons. The number of hydrogen-bond donors (Lipinski definition) is 1. The average Bonchev–Trinajstić information content (AvgIpc) is 2.64. The van der Waals surface area contributed by atoms with Crippen LogP contribution in [0, 0.1) is 0 Å². The minimum Gasteiger partial charge on any atom is -0.598 e. The van der Waals surface area contributed by atoms with E-state index in [0.717, 1.165) is 11.1 Å². The van der Waals surface area contributed by atoms with Gasteiger partial charge >= 0.3 is 0 Å². The maximum atomic E-state index is 13.0. The predicted octanol–water partition coefficient (Wildman–Crippen LogP) is 4.37. The molecule has 2 unspecified atom stereocenters. The van der Waals surface area contributed by atoms with Crippen LogP contribution in [-0.4, -0.2) is 18.9 Å². The summed E-state index contributed by atoms with van der Waals surface area (Å²) < 4.78 is 16.8. The standard InChI is InChI=1S/C21H24ClN3O2S/c1-13(24-28(27)21(2,3)4)16-11-15(22)12-17-18(16)23-19(25(5)20(17)26)14-9-7-6-8-10-14/h6-13,24H,1-5H3. The van der Waals surface area contributed by atoms with Crippen LogP contribution in [0.15, 0.2) is 47.3 Å². The molecule has 0 fully saturated rings. The molecule has 0 aliphatic heterocycles. The van der Waals surface area contributed by atoms with Crippen molar-refractivity contribution < 1.29 is 4.55 Å². The van der Waals surface area contributed by atoms with Crippen molar-refractivity contribution in [1.29, 1.82) is 0 Å². The smallest absolute Gasteiger partial charge is 0.261 e. The highest BCUT2D eigenvalue weighted by Gasteiger charge is 2.29. The molecule has 0 saturated carbocycles. The highest BCUT2D eigenvalue weighted by molar-refractivity contribution is 7.90.